The summed E-state index contributed by atoms with van der Waals surface area (Å²) >= 11 is 4.87. The molecule has 0 spiro atoms. The first-order valence-corrected chi connectivity index (χ1v) is 8.00. The highest BCUT2D eigenvalue weighted by Gasteiger charge is 2.37. The third-order valence-corrected chi connectivity index (χ3v) is 4.80. The van der Waals surface area contributed by atoms with Crippen LogP contribution in [0.3, 0.4) is 0 Å². The molecule has 0 fully saturated rings. The second kappa shape index (κ2) is 7.25. The number of ether oxygens (including phenoxy) is 1. The molecule has 1 aromatic rings. The maximum Gasteiger partial charge on any atom is 0.350 e. The van der Waals surface area contributed by atoms with Crippen LogP contribution in [0.15, 0.2) is 27.7 Å². The van der Waals surface area contributed by atoms with E-state index in [9.17, 15) is 19.8 Å². The summed E-state index contributed by atoms with van der Waals surface area (Å²) in [6.45, 7) is -0.262. The van der Waals surface area contributed by atoms with Crippen molar-refractivity contribution < 1.29 is 19.7 Å². The number of nitrogens with zero attached hydrogens (tertiary/aromatic N) is 2. The zero-order chi connectivity index (χ0) is 17.1. The Bertz CT molecular complexity index is 692. The molecule has 6 N–H and O–H groups in total. The highest BCUT2D eigenvalue weighted by atomic mass is 32.2. The number of thioether (sulfide) groups is 1. The van der Waals surface area contributed by atoms with Crippen LogP contribution in [0.5, 0.6) is 0 Å². The molecule has 23 heavy (non-hydrogen) atoms. The first-order chi connectivity index (χ1) is 10.8. The van der Waals surface area contributed by atoms with Crippen LogP contribution in [0.4, 0.5) is 5.82 Å². The summed E-state index contributed by atoms with van der Waals surface area (Å²) in [6.07, 6.45) is 0.0281. The zero-order valence-electron chi connectivity index (χ0n) is 11.8. The Balaban J connectivity index is 2.10. The van der Waals surface area contributed by atoms with Crippen LogP contribution in [0.25, 0.3) is 0 Å². The fourth-order valence-corrected chi connectivity index (χ4v) is 3.17. The molecule has 1 aromatic heterocycles. The number of thiol groups is 1. The van der Waals surface area contributed by atoms with E-state index in [1.165, 1.54) is 12.3 Å². The van der Waals surface area contributed by atoms with Gasteiger partial charge in [0.1, 0.15) is 35.7 Å². The van der Waals surface area contributed by atoms with Gasteiger partial charge in [-0.05, 0) is 6.07 Å². The van der Waals surface area contributed by atoms with Crippen molar-refractivity contribution in [2.75, 3.05) is 18.1 Å². The van der Waals surface area contributed by atoms with E-state index in [0.717, 1.165) is 16.3 Å². The number of hydrogen-bond donors (Lipinski definition) is 5. The molecule has 0 saturated carbocycles. The van der Waals surface area contributed by atoms with Gasteiger partial charge in [-0.2, -0.15) is 17.6 Å². The van der Waals surface area contributed by atoms with Gasteiger partial charge >= 0.3 is 11.7 Å². The van der Waals surface area contributed by atoms with Crippen molar-refractivity contribution in [1.29, 1.82) is 0 Å². The van der Waals surface area contributed by atoms with E-state index in [1.807, 2.05) is 0 Å². The van der Waals surface area contributed by atoms with Crippen molar-refractivity contribution in [2.24, 2.45) is 5.73 Å². The van der Waals surface area contributed by atoms with Crippen LogP contribution >= 0.6 is 24.4 Å². The molecule has 126 valence electrons. The lowest BCUT2D eigenvalue weighted by molar-refractivity contribution is -0.143. The molecule has 1 unspecified atom stereocenters. The monoisotopic (exact) mass is 360 g/mol. The predicted molar refractivity (Wildman–Crippen MR) is 88.0 cm³/mol. The lowest BCUT2D eigenvalue weighted by Gasteiger charge is -2.16. The minimum atomic E-state index is -1.34. The number of carbonyl (C=O) groups is 1. The van der Waals surface area contributed by atoms with E-state index in [1.54, 1.807) is 0 Å². The van der Waals surface area contributed by atoms with Gasteiger partial charge in [0, 0.05) is 11.9 Å². The average Bonchev–Trinajstić information content (AvgIpc) is 2.80. The third-order valence-electron chi connectivity index (χ3n) is 3.07. The van der Waals surface area contributed by atoms with Crippen LogP contribution < -0.4 is 17.2 Å². The standard InChI is InChI=1S/C12H16N4O5S2/c13-5(4-22)11(19)21-3-6-8(17)9(18)10(23-6)16-2-1-7(14)15-12(16)20/h1-2,5,9-10,17-18,22H,3-4,13H2,(H2,14,15,20)/t5-,9?,10-/m1/s1. The van der Waals surface area contributed by atoms with E-state index >= 15 is 0 Å². The number of nitrogens with two attached hydrogens (primary N) is 2. The van der Waals surface area contributed by atoms with E-state index in [-0.39, 0.29) is 28.8 Å². The smallest absolute Gasteiger partial charge is 0.350 e. The summed E-state index contributed by atoms with van der Waals surface area (Å²) in [4.78, 5) is 27.1. The van der Waals surface area contributed by atoms with Crippen LogP contribution in [-0.4, -0.2) is 50.2 Å². The molecule has 2 rings (SSSR count). The van der Waals surface area contributed by atoms with Crippen molar-refractivity contribution >= 4 is 36.2 Å². The van der Waals surface area contributed by atoms with E-state index in [4.69, 9.17) is 16.2 Å². The molecule has 1 aliphatic rings. The van der Waals surface area contributed by atoms with Crippen LogP contribution in [0, 0.1) is 0 Å². The van der Waals surface area contributed by atoms with Gasteiger partial charge in [-0.1, -0.05) is 11.8 Å². The minimum Gasteiger partial charge on any atom is -0.508 e. The molecule has 11 heteroatoms. The summed E-state index contributed by atoms with van der Waals surface area (Å²) < 4.78 is 6.08. The molecule has 0 aromatic carbocycles. The van der Waals surface area contributed by atoms with Gasteiger partial charge < -0.3 is 26.4 Å². The second-order valence-corrected chi connectivity index (χ2v) is 6.28. The lowest BCUT2D eigenvalue weighted by Crippen LogP contribution is -2.34. The van der Waals surface area contributed by atoms with Crippen molar-refractivity contribution in [1.82, 2.24) is 9.55 Å². The number of nitrogen functional groups attached to an aromatic ring is 1. The number of aromatic nitrogens is 2. The summed E-state index contributed by atoms with van der Waals surface area (Å²) in [7, 11) is 0. The number of anilines is 1. The van der Waals surface area contributed by atoms with Gasteiger partial charge in [0.05, 0.1) is 4.91 Å². The van der Waals surface area contributed by atoms with Gasteiger partial charge in [-0.25, -0.2) is 4.79 Å². The van der Waals surface area contributed by atoms with Crippen LogP contribution in [0.1, 0.15) is 5.37 Å². The number of aliphatic hydroxyl groups excluding tert-OH is 2. The fourth-order valence-electron chi connectivity index (χ4n) is 1.83. The Kier molecular flexibility index (Phi) is 5.57. The molecule has 1 aliphatic heterocycles. The molecular weight excluding hydrogens is 344 g/mol. The van der Waals surface area contributed by atoms with E-state index in [2.05, 4.69) is 17.6 Å². The summed E-state index contributed by atoms with van der Waals surface area (Å²) in [5, 5.41) is 19.2. The largest absolute Gasteiger partial charge is 0.508 e. The van der Waals surface area contributed by atoms with E-state index < -0.39 is 29.2 Å². The third kappa shape index (κ3) is 3.80. The molecule has 0 amide bonds. The molecule has 2 heterocycles. The maximum atomic E-state index is 11.8. The Morgan fingerprint density at radius 3 is 2.91 bits per heavy atom. The minimum absolute atomic E-state index is 0.0517. The molecule has 0 aliphatic carbocycles. The average molecular weight is 360 g/mol. The Morgan fingerprint density at radius 1 is 1.61 bits per heavy atom. The molecule has 0 saturated heterocycles. The second-order valence-electron chi connectivity index (χ2n) is 4.70. The van der Waals surface area contributed by atoms with Crippen molar-refractivity contribution in [3.8, 4) is 0 Å². The fraction of sp³-hybridized carbons (Fsp3) is 0.417. The summed E-state index contributed by atoms with van der Waals surface area (Å²) in [5.74, 6) is -0.869. The molecule has 0 radical (unpaired) electrons. The number of rotatable bonds is 5. The van der Waals surface area contributed by atoms with Crippen molar-refractivity contribution in [2.45, 2.75) is 17.5 Å². The molecule has 9 nitrogen and oxygen atoms in total. The first-order valence-electron chi connectivity index (χ1n) is 6.49. The summed E-state index contributed by atoms with van der Waals surface area (Å²) in [5.41, 5.74) is 10.2. The molecule has 3 atom stereocenters. The predicted octanol–water partition coefficient (Wildman–Crippen LogP) is -0.998. The quantitative estimate of drug-likeness (QED) is 0.328. The zero-order valence-corrected chi connectivity index (χ0v) is 13.5. The van der Waals surface area contributed by atoms with Gasteiger partial charge in [-0.15, -0.1) is 0 Å². The summed E-state index contributed by atoms with van der Waals surface area (Å²) in [6, 6.07) is 0.521. The number of carbonyl (C=O) groups excluding carboxylic acids is 1. The molecule has 0 bridgehead atoms. The lowest BCUT2D eigenvalue weighted by atomic mass is 10.2. The van der Waals surface area contributed by atoms with Gasteiger partial charge in [-0.3, -0.25) is 9.36 Å². The molecular formula is C12H16N4O5S2. The highest BCUT2D eigenvalue weighted by Crippen LogP contribution is 2.43. The SMILES string of the molecule is Nc1ccn([C@@H]2SC(COC(=O)[C@H](N)CS)=C(O)C2O)c(=O)n1. The van der Waals surface area contributed by atoms with Crippen molar-refractivity contribution in [3.63, 3.8) is 0 Å². The van der Waals surface area contributed by atoms with E-state index in [0.29, 0.717) is 0 Å². The highest BCUT2D eigenvalue weighted by molar-refractivity contribution is 8.03. The maximum absolute atomic E-state index is 11.8. The Labute approximate surface area is 140 Å². The van der Waals surface area contributed by atoms with Crippen molar-refractivity contribution in [3.05, 3.63) is 33.4 Å². The van der Waals surface area contributed by atoms with Gasteiger partial charge in [0.25, 0.3) is 0 Å². The normalized spacial score (nSPS) is 22.2. The topological polar surface area (TPSA) is 154 Å². The number of esters is 1. The number of aliphatic hydroxyl groups is 2. The van der Waals surface area contributed by atoms with Gasteiger partial charge in [0.15, 0.2) is 0 Å². The van der Waals surface area contributed by atoms with Gasteiger partial charge in [0.2, 0.25) is 0 Å². The van der Waals surface area contributed by atoms with Crippen LogP contribution in [0.2, 0.25) is 0 Å². The Morgan fingerprint density at radius 2 is 2.30 bits per heavy atom. The Hall–Kier alpha value is -1.69. The number of hydrogen-bond acceptors (Lipinski definition) is 10. The first kappa shape index (κ1) is 17.7. The van der Waals surface area contributed by atoms with Crippen LogP contribution in [-0.2, 0) is 9.53 Å².